The molecule has 0 saturated carbocycles. The van der Waals surface area contributed by atoms with Crippen molar-refractivity contribution in [2.75, 3.05) is 25.5 Å². The molecule has 2 aromatic heterocycles. The SMILES string of the molecule is C=CCO[C@@H]1CC(n2cc(C#CCN)c3c(=O)[nH]c(N)nc32)OC1COP(=O)(O)OP(=O)(O)OP(=O)(O)O. The first kappa shape index (κ1) is 30.4. The number of nitrogens with zero attached hydrogens (tertiary/aromatic N) is 2. The van der Waals surface area contributed by atoms with Crippen LogP contribution in [0.25, 0.3) is 11.0 Å². The Balaban J connectivity index is 1.86. The third-order valence-corrected chi connectivity index (χ3v) is 8.57. The molecule has 1 saturated heterocycles. The van der Waals surface area contributed by atoms with E-state index >= 15 is 0 Å². The van der Waals surface area contributed by atoms with Gasteiger partial charge in [0.2, 0.25) is 5.95 Å². The van der Waals surface area contributed by atoms with Gasteiger partial charge in [-0.2, -0.15) is 13.6 Å². The van der Waals surface area contributed by atoms with Gasteiger partial charge in [-0.1, -0.05) is 17.9 Å². The second-order valence-corrected chi connectivity index (χ2v) is 11.9. The molecular weight excluding hydrogens is 575 g/mol. The molecule has 0 spiro atoms. The summed E-state index contributed by atoms with van der Waals surface area (Å²) in [4.78, 5) is 55.4. The fourth-order valence-electron chi connectivity index (χ4n) is 3.49. The predicted octanol–water partition coefficient (Wildman–Crippen LogP) is -0.181. The molecule has 3 heterocycles. The number of phosphoric acid groups is 3. The first-order chi connectivity index (χ1) is 17.6. The number of hydrogen-bond acceptors (Lipinski definition) is 12. The van der Waals surface area contributed by atoms with Crippen molar-refractivity contribution >= 4 is 40.4 Å². The van der Waals surface area contributed by atoms with Gasteiger partial charge < -0.3 is 45.1 Å². The highest BCUT2D eigenvalue weighted by molar-refractivity contribution is 7.66. The molecule has 0 bridgehead atoms. The Morgan fingerprint density at radius 1 is 1.26 bits per heavy atom. The van der Waals surface area contributed by atoms with E-state index < -0.39 is 54.1 Å². The normalized spacial score (nSPS) is 22.9. The van der Waals surface area contributed by atoms with E-state index in [1.165, 1.54) is 16.8 Å². The number of aromatic nitrogens is 3. The number of rotatable bonds is 11. The Morgan fingerprint density at radius 2 is 1.97 bits per heavy atom. The topological polar surface area (TPSA) is 281 Å². The molecule has 1 aliphatic heterocycles. The van der Waals surface area contributed by atoms with Gasteiger partial charge in [-0.3, -0.25) is 14.3 Å². The Morgan fingerprint density at radius 3 is 2.61 bits per heavy atom. The lowest BCUT2D eigenvalue weighted by Crippen LogP contribution is -2.29. The predicted molar refractivity (Wildman–Crippen MR) is 129 cm³/mol. The van der Waals surface area contributed by atoms with E-state index in [0.29, 0.717) is 0 Å². The molecule has 4 unspecified atom stereocenters. The minimum absolute atomic E-state index is 0.0209. The molecule has 3 rings (SSSR count). The van der Waals surface area contributed by atoms with Gasteiger partial charge in [-0.05, 0) is 0 Å². The third-order valence-electron chi connectivity index (χ3n) is 4.76. The number of phosphoric ester groups is 1. The summed E-state index contributed by atoms with van der Waals surface area (Å²) in [6.07, 6.45) is 0.222. The third kappa shape index (κ3) is 7.92. The van der Waals surface area contributed by atoms with E-state index in [1.54, 1.807) is 0 Å². The van der Waals surface area contributed by atoms with Crippen molar-refractivity contribution in [1.82, 2.24) is 14.5 Å². The molecule has 0 amide bonds. The summed E-state index contributed by atoms with van der Waals surface area (Å²) in [7, 11) is -16.7. The summed E-state index contributed by atoms with van der Waals surface area (Å²) < 4.78 is 59.6. The smallest absolute Gasteiger partial charge is 0.371 e. The van der Waals surface area contributed by atoms with Crippen LogP contribution >= 0.6 is 23.5 Å². The van der Waals surface area contributed by atoms with Crippen molar-refractivity contribution in [2.45, 2.75) is 24.9 Å². The maximum Gasteiger partial charge on any atom is 0.490 e. The minimum atomic E-state index is -5.70. The lowest BCUT2D eigenvalue weighted by molar-refractivity contribution is -0.0549. The number of anilines is 1. The average molecular weight is 599 g/mol. The van der Waals surface area contributed by atoms with Crippen molar-refractivity contribution in [2.24, 2.45) is 5.73 Å². The first-order valence-electron chi connectivity index (χ1n) is 10.4. The summed E-state index contributed by atoms with van der Waals surface area (Å²) >= 11 is 0. The maximum atomic E-state index is 12.5. The van der Waals surface area contributed by atoms with Gasteiger partial charge in [0.1, 0.15) is 12.3 Å². The first-order valence-corrected chi connectivity index (χ1v) is 14.9. The summed E-state index contributed by atoms with van der Waals surface area (Å²) in [6, 6.07) is 0. The van der Waals surface area contributed by atoms with Crippen molar-refractivity contribution in [3.8, 4) is 11.8 Å². The van der Waals surface area contributed by atoms with E-state index in [4.69, 9.17) is 35.3 Å². The molecule has 0 radical (unpaired) electrons. The van der Waals surface area contributed by atoms with Gasteiger partial charge in [0, 0.05) is 12.6 Å². The van der Waals surface area contributed by atoms with Gasteiger partial charge >= 0.3 is 23.5 Å². The van der Waals surface area contributed by atoms with Crippen LogP contribution < -0.4 is 17.0 Å². The van der Waals surface area contributed by atoms with Gasteiger partial charge in [-0.25, -0.2) is 13.7 Å². The Kier molecular flexibility index (Phi) is 9.51. The molecule has 0 aliphatic carbocycles. The van der Waals surface area contributed by atoms with Gasteiger partial charge in [0.25, 0.3) is 5.56 Å². The lowest BCUT2D eigenvalue weighted by Gasteiger charge is -2.21. The molecule has 210 valence electrons. The Hall–Kier alpha value is -2.19. The molecule has 1 fully saturated rings. The van der Waals surface area contributed by atoms with Gasteiger partial charge in [0.05, 0.1) is 36.8 Å². The van der Waals surface area contributed by atoms with Crippen molar-refractivity contribution in [3.63, 3.8) is 0 Å². The molecule has 9 N–H and O–H groups in total. The molecule has 5 atom stereocenters. The summed E-state index contributed by atoms with van der Waals surface area (Å²) in [5, 5.41) is 0.115. The van der Waals surface area contributed by atoms with Crippen LogP contribution in [0.5, 0.6) is 0 Å². The molecule has 18 nitrogen and oxygen atoms in total. The standard InChI is InChI=1S/C17H24N5O13P3/c1-2-6-31-11-7-13(22-8-10(4-3-5-18)14-15(22)20-17(19)21-16(14)23)33-12(11)9-32-37(27,28)35-38(29,30)34-36(24,25)26/h2,8,11-13H,1,5-7,9,18H2,(H,27,28)(H,29,30)(H2,24,25,26)(H3,19,20,21,23)/t11-,12?,13?/m1/s1. The average Bonchev–Trinajstić information content (AvgIpc) is 3.33. The van der Waals surface area contributed by atoms with Crippen LogP contribution in [-0.2, 0) is 36.3 Å². The van der Waals surface area contributed by atoms with Crippen LogP contribution in [0.15, 0.2) is 23.6 Å². The van der Waals surface area contributed by atoms with Crippen molar-refractivity contribution in [1.29, 1.82) is 0 Å². The lowest BCUT2D eigenvalue weighted by atomic mass is 10.2. The number of H-pyrrole nitrogens is 1. The zero-order valence-electron chi connectivity index (χ0n) is 19.3. The molecule has 1 aliphatic rings. The van der Waals surface area contributed by atoms with Crippen LogP contribution in [0.4, 0.5) is 5.95 Å². The van der Waals surface area contributed by atoms with E-state index in [-0.39, 0.29) is 42.1 Å². The number of nitrogen functional groups attached to an aromatic ring is 1. The summed E-state index contributed by atoms with van der Waals surface area (Å²) in [5.41, 5.74) is 11.0. The molecule has 21 heteroatoms. The molecule has 0 aromatic carbocycles. The quantitative estimate of drug-likeness (QED) is 0.100. The number of aromatic amines is 1. The zero-order chi connectivity index (χ0) is 28.3. The Bertz CT molecular complexity index is 1460. The van der Waals surface area contributed by atoms with Crippen molar-refractivity contribution in [3.05, 3.63) is 34.8 Å². The molecular formula is C17H24N5O13P3. The van der Waals surface area contributed by atoms with E-state index in [1.807, 2.05) is 0 Å². The number of nitrogens with one attached hydrogen (secondary N) is 1. The highest BCUT2D eigenvalue weighted by atomic mass is 31.3. The van der Waals surface area contributed by atoms with Crippen LogP contribution in [0.3, 0.4) is 0 Å². The van der Waals surface area contributed by atoms with Gasteiger partial charge in [0.15, 0.2) is 5.65 Å². The number of fused-ring (bicyclic) bond motifs is 1. The monoisotopic (exact) mass is 599 g/mol. The van der Waals surface area contributed by atoms with Crippen LogP contribution in [0, 0.1) is 11.8 Å². The van der Waals surface area contributed by atoms with Crippen LogP contribution in [0.1, 0.15) is 18.2 Å². The van der Waals surface area contributed by atoms with Crippen LogP contribution in [0.2, 0.25) is 0 Å². The molecule has 38 heavy (non-hydrogen) atoms. The second kappa shape index (κ2) is 11.9. The van der Waals surface area contributed by atoms with E-state index in [9.17, 15) is 28.3 Å². The number of nitrogens with two attached hydrogens (primary N) is 2. The molecule has 2 aromatic rings. The summed E-state index contributed by atoms with van der Waals surface area (Å²) in [5.74, 6) is 5.23. The number of hydrogen-bond donors (Lipinski definition) is 7. The maximum absolute atomic E-state index is 12.5. The number of ether oxygens (including phenoxy) is 2. The fraction of sp³-hybridized carbons (Fsp3) is 0.412. The fourth-order valence-corrected chi connectivity index (χ4v) is 6.52. The van der Waals surface area contributed by atoms with E-state index in [2.05, 4.69) is 37.0 Å². The minimum Gasteiger partial charge on any atom is -0.371 e. The second-order valence-electron chi connectivity index (χ2n) is 7.52. The van der Waals surface area contributed by atoms with Crippen LogP contribution in [-0.4, -0.2) is 66.1 Å². The Labute approximate surface area is 214 Å². The largest absolute Gasteiger partial charge is 0.490 e. The van der Waals surface area contributed by atoms with Gasteiger partial charge in [-0.15, -0.1) is 6.58 Å². The van der Waals surface area contributed by atoms with Crippen molar-refractivity contribution < 1.29 is 55.9 Å². The zero-order valence-corrected chi connectivity index (χ0v) is 22.0. The highest BCUT2D eigenvalue weighted by Crippen LogP contribution is 2.66. The summed E-state index contributed by atoms with van der Waals surface area (Å²) in [6.45, 7) is 2.85. The highest BCUT2D eigenvalue weighted by Gasteiger charge is 2.43. The van der Waals surface area contributed by atoms with E-state index in [0.717, 1.165) is 0 Å².